The van der Waals surface area contributed by atoms with Gasteiger partial charge in [0.25, 0.3) is 17.7 Å². The summed E-state index contributed by atoms with van der Waals surface area (Å²) in [5, 5.41) is 8.71. The van der Waals surface area contributed by atoms with Crippen molar-refractivity contribution >= 4 is 29.3 Å². The zero-order valence-corrected chi connectivity index (χ0v) is 24.9. The van der Waals surface area contributed by atoms with Crippen LogP contribution in [0.1, 0.15) is 46.5 Å². The number of ether oxygens (including phenoxy) is 3. The second-order valence-electron chi connectivity index (χ2n) is 11.1. The fourth-order valence-electron chi connectivity index (χ4n) is 5.03. The fourth-order valence-corrected chi connectivity index (χ4v) is 5.03. The molecule has 230 valence electrons. The molecule has 0 unspecified atom stereocenters. The van der Waals surface area contributed by atoms with Gasteiger partial charge in [-0.05, 0) is 54.1 Å². The molecule has 3 aliphatic heterocycles. The van der Waals surface area contributed by atoms with E-state index in [0.29, 0.717) is 47.8 Å². The molecule has 0 aromatic heterocycles. The maximum atomic E-state index is 13.6. The summed E-state index contributed by atoms with van der Waals surface area (Å²) in [6.07, 6.45) is 0.0461. The second-order valence-corrected chi connectivity index (χ2v) is 11.1. The number of carbonyl (C=O) groups excluding carboxylic acids is 4. The number of carbonyl (C=O) groups is 4. The van der Waals surface area contributed by atoms with E-state index in [1.54, 1.807) is 55.1 Å². The smallest absolute Gasteiger partial charge is 0.258 e. The molecule has 1 fully saturated rings. The van der Waals surface area contributed by atoms with Gasteiger partial charge >= 0.3 is 0 Å². The number of amides is 4. The Morgan fingerprint density at radius 2 is 1.84 bits per heavy atom. The minimum absolute atomic E-state index is 0.139. The van der Waals surface area contributed by atoms with Crippen molar-refractivity contribution in [2.75, 3.05) is 32.1 Å². The van der Waals surface area contributed by atoms with Crippen LogP contribution in [0.2, 0.25) is 0 Å². The Kier molecular flexibility index (Phi) is 9.32. The number of hydrogen-bond acceptors (Lipinski definition) is 7. The van der Waals surface area contributed by atoms with Gasteiger partial charge in [-0.15, -0.1) is 0 Å². The van der Waals surface area contributed by atoms with Crippen molar-refractivity contribution in [1.29, 1.82) is 0 Å². The van der Waals surface area contributed by atoms with Gasteiger partial charge < -0.3 is 35.1 Å². The molecule has 3 aliphatic rings. The van der Waals surface area contributed by atoms with Crippen LogP contribution in [0.3, 0.4) is 0 Å². The van der Waals surface area contributed by atoms with Crippen molar-refractivity contribution in [1.82, 2.24) is 15.5 Å². The Morgan fingerprint density at radius 3 is 2.59 bits per heavy atom. The number of nitrogens with one attached hydrogen (secondary N) is 3. The van der Waals surface area contributed by atoms with Crippen LogP contribution in [-0.2, 0) is 16.1 Å². The molecule has 4 amide bonds. The van der Waals surface area contributed by atoms with Gasteiger partial charge in [-0.2, -0.15) is 0 Å². The van der Waals surface area contributed by atoms with E-state index in [1.165, 1.54) is 13.2 Å². The molecule has 11 nitrogen and oxygen atoms in total. The SMILES string of the molecule is COc1ccc2cc1OCC(=O)NCc1ccc(cc1)O[C@@H]1CCN(C(=O)c3cccc(NC(=O)C(C)C)c3)C[C@@H]1NC2=O. The summed E-state index contributed by atoms with van der Waals surface area (Å²) in [5.74, 6) is -0.0385. The monoisotopic (exact) mass is 600 g/mol. The summed E-state index contributed by atoms with van der Waals surface area (Å²) < 4.78 is 17.4. The average molecular weight is 601 g/mol. The number of anilines is 1. The molecule has 44 heavy (non-hydrogen) atoms. The number of likely N-dealkylation sites (tertiary alicyclic amines) is 1. The summed E-state index contributed by atoms with van der Waals surface area (Å²) in [4.78, 5) is 53.4. The first kappa shape index (κ1) is 30.4. The van der Waals surface area contributed by atoms with Crippen LogP contribution in [0.4, 0.5) is 5.69 Å². The van der Waals surface area contributed by atoms with Gasteiger partial charge in [0.15, 0.2) is 18.1 Å². The van der Waals surface area contributed by atoms with Crippen molar-refractivity contribution in [3.8, 4) is 17.2 Å². The molecule has 11 heteroatoms. The van der Waals surface area contributed by atoms with E-state index in [9.17, 15) is 19.2 Å². The van der Waals surface area contributed by atoms with E-state index in [-0.39, 0.29) is 42.5 Å². The van der Waals surface area contributed by atoms with Crippen molar-refractivity contribution in [3.05, 3.63) is 83.4 Å². The largest absolute Gasteiger partial charge is 0.493 e. The van der Waals surface area contributed by atoms with E-state index in [1.807, 2.05) is 24.3 Å². The Morgan fingerprint density at radius 1 is 1.05 bits per heavy atom. The molecule has 1 saturated heterocycles. The summed E-state index contributed by atoms with van der Waals surface area (Å²) >= 11 is 0. The molecule has 3 N–H and O–H groups in total. The molecule has 0 spiro atoms. The van der Waals surface area contributed by atoms with Gasteiger partial charge in [-0.25, -0.2) is 0 Å². The van der Waals surface area contributed by atoms with Gasteiger partial charge in [0.1, 0.15) is 11.9 Å². The van der Waals surface area contributed by atoms with Crippen LogP contribution in [0.5, 0.6) is 17.2 Å². The summed E-state index contributed by atoms with van der Waals surface area (Å²) in [6.45, 7) is 4.26. The highest BCUT2D eigenvalue weighted by Gasteiger charge is 2.35. The third-order valence-electron chi connectivity index (χ3n) is 7.54. The molecule has 6 rings (SSSR count). The minimum atomic E-state index is -0.547. The summed E-state index contributed by atoms with van der Waals surface area (Å²) in [6, 6.07) is 18.4. The van der Waals surface area contributed by atoms with Crippen LogP contribution in [0.25, 0.3) is 0 Å². The van der Waals surface area contributed by atoms with Gasteiger partial charge in [0.2, 0.25) is 5.91 Å². The van der Waals surface area contributed by atoms with Gasteiger partial charge in [0, 0.05) is 48.8 Å². The van der Waals surface area contributed by atoms with E-state index < -0.39 is 18.1 Å². The minimum Gasteiger partial charge on any atom is -0.493 e. The molecule has 0 radical (unpaired) electrons. The Labute approximate surface area is 255 Å². The number of piperidine rings is 1. The Balaban J connectivity index is 1.41. The number of benzene rings is 3. The predicted octanol–water partition coefficient (Wildman–Crippen LogP) is 3.39. The predicted molar refractivity (Wildman–Crippen MR) is 163 cm³/mol. The topological polar surface area (TPSA) is 135 Å². The van der Waals surface area contributed by atoms with E-state index >= 15 is 0 Å². The maximum Gasteiger partial charge on any atom is 0.258 e. The maximum absolute atomic E-state index is 13.6. The highest BCUT2D eigenvalue weighted by molar-refractivity contribution is 5.98. The zero-order valence-electron chi connectivity index (χ0n) is 24.9. The van der Waals surface area contributed by atoms with Gasteiger partial charge in [-0.3, -0.25) is 19.2 Å². The highest BCUT2D eigenvalue weighted by Crippen LogP contribution is 2.29. The van der Waals surface area contributed by atoms with Crippen LogP contribution in [-0.4, -0.2) is 67.5 Å². The van der Waals surface area contributed by atoms with Gasteiger partial charge in [-0.1, -0.05) is 32.0 Å². The molecular weight excluding hydrogens is 564 g/mol. The fraction of sp³-hybridized carbons (Fsp3) is 0.333. The third kappa shape index (κ3) is 7.28. The standard InChI is InChI=1S/C33H36N4O7/c1-20(2)31(39)35-24-6-4-5-23(15-24)33(41)37-14-13-27-26(18-37)36-32(40)22-9-12-28(42-3)29(16-22)43-19-30(38)34-17-21-7-10-25(44-27)11-8-21/h4-12,15-16,20,26-27H,13-14,17-19H2,1-3H3,(H,34,38)(H,35,39)(H,36,40)/t26-,27+/m0/s1. The molecule has 0 aliphatic carbocycles. The van der Waals surface area contributed by atoms with Crippen LogP contribution in [0, 0.1) is 5.92 Å². The lowest BCUT2D eigenvalue weighted by Crippen LogP contribution is -2.58. The first-order valence-electron chi connectivity index (χ1n) is 14.5. The molecular formula is C33H36N4O7. The first-order chi connectivity index (χ1) is 21.2. The van der Waals surface area contributed by atoms with Crippen molar-refractivity contribution < 1.29 is 33.4 Å². The van der Waals surface area contributed by atoms with Crippen molar-refractivity contribution in [2.24, 2.45) is 5.92 Å². The normalized spacial score (nSPS) is 18.6. The zero-order chi connectivity index (χ0) is 31.2. The number of fused-ring (bicyclic) bond motifs is 7. The lowest BCUT2D eigenvalue weighted by Gasteiger charge is -2.39. The number of hydrogen-bond donors (Lipinski definition) is 3. The van der Waals surface area contributed by atoms with E-state index in [4.69, 9.17) is 14.2 Å². The molecule has 4 bridgehead atoms. The second kappa shape index (κ2) is 13.5. The number of rotatable bonds is 4. The van der Waals surface area contributed by atoms with E-state index in [0.717, 1.165) is 5.56 Å². The molecule has 3 heterocycles. The molecule has 3 aromatic carbocycles. The van der Waals surface area contributed by atoms with Gasteiger partial charge in [0.05, 0.1) is 13.2 Å². The first-order valence-corrected chi connectivity index (χ1v) is 14.5. The summed E-state index contributed by atoms with van der Waals surface area (Å²) in [7, 11) is 1.48. The Bertz CT molecular complexity index is 1540. The van der Waals surface area contributed by atoms with Crippen LogP contribution >= 0.6 is 0 Å². The third-order valence-corrected chi connectivity index (χ3v) is 7.54. The molecule has 0 saturated carbocycles. The lowest BCUT2D eigenvalue weighted by atomic mass is 9.99. The molecule has 3 aromatic rings. The van der Waals surface area contributed by atoms with Crippen molar-refractivity contribution in [3.63, 3.8) is 0 Å². The molecule has 2 atom stereocenters. The number of methoxy groups -OCH3 is 1. The summed E-state index contributed by atoms with van der Waals surface area (Å²) in [5.41, 5.74) is 2.15. The van der Waals surface area contributed by atoms with Crippen molar-refractivity contribution in [2.45, 2.75) is 39.0 Å². The lowest BCUT2D eigenvalue weighted by molar-refractivity contribution is -0.123. The number of nitrogens with zero attached hydrogens (tertiary/aromatic N) is 1. The Hall–Kier alpha value is -5.06. The quantitative estimate of drug-likeness (QED) is 0.418. The average Bonchev–Trinajstić information content (AvgIpc) is 3.03. The highest BCUT2D eigenvalue weighted by atomic mass is 16.5. The van der Waals surface area contributed by atoms with E-state index in [2.05, 4.69) is 16.0 Å². The van der Waals surface area contributed by atoms with Crippen LogP contribution in [0.15, 0.2) is 66.7 Å². The van der Waals surface area contributed by atoms with Crippen LogP contribution < -0.4 is 30.2 Å².